The maximum Gasteiger partial charge on any atom is 0.359 e. The van der Waals surface area contributed by atoms with Gasteiger partial charge >= 0.3 is 5.63 Å². The highest BCUT2D eigenvalue weighted by atomic mass is 16.4. The van der Waals surface area contributed by atoms with Gasteiger partial charge in [-0.3, -0.25) is 4.79 Å². The average molecular weight is 180 g/mol. The van der Waals surface area contributed by atoms with E-state index in [1.807, 2.05) is 0 Å². The molecule has 0 radical (unpaired) electrons. The zero-order chi connectivity index (χ0) is 9.42. The Morgan fingerprint density at radius 3 is 3.00 bits per heavy atom. The number of nitrogens with one attached hydrogen (secondary N) is 1. The molecule has 0 saturated carbocycles. The smallest absolute Gasteiger partial charge is 0.359 e. The molecule has 0 spiro atoms. The van der Waals surface area contributed by atoms with E-state index in [0.29, 0.717) is 24.3 Å². The van der Waals surface area contributed by atoms with Crippen molar-refractivity contribution in [1.29, 1.82) is 0 Å². The van der Waals surface area contributed by atoms with E-state index in [1.54, 1.807) is 0 Å². The number of hydrogen-bond donors (Lipinski definition) is 2. The Morgan fingerprint density at radius 1 is 1.46 bits per heavy atom. The van der Waals surface area contributed by atoms with Crippen LogP contribution in [0.5, 0.6) is 0 Å². The number of carbonyl (C=O) groups is 1. The summed E-state index contributed by atoms with van der Waals surface area (Å²) in [5.74, 6) is 0.180. The molecule has 3 N–H and O–H groups in total. The molecular formula is C8H8N2O3. The number of nitrogens with two attached hydrogens (primary N) is 1. The molecule has 1 aliphatic rings. The number of anilines is 1. The second-order valence-electron chi connectivity index (χ2n) is 2.83. The van der Waals surface area contributed by atoms with Crippen molar-refractivity contribution in [2.45, 2.75) is 6.42 Å². The van der Waals surface area contributed by atoms with Crippen LogP contribution >= 0.6 is 0 Å². The van der Waals surface area contributed by atoms with Crippen molar-refractivity contribution in [2.24, 2.45) is 0 Å². The van der Waals surface area contributed by atoms with E-state index in [4.69, 9.17) is 10.2 Å². The number of amides is 1. The van der Waals surface area contributed by atoms with Crippen molar-refractivity contribution in [3.63, 3.8) is 0 Å². The molecule has 1 aromatic rings. The van der Waals surface area contributed by atoms with Crippen LogP contribution in [0.2, 0.25) is 0 Å². The molecule has 0 saturated heterocycles. The van der Waals surface area contributed by atoms with Gasteiger partial charge in [-0.2, -0.15) is 0 Å². The van der Waals surface area contributed by atoms with Crippen molar-refractivity contribution < 1.29 is 9.21 Å². The van der Waals surface area contributed by atoms with Crippen molar-refractivity contribution in [2.75, 3.05) is 12.3 Å². The first-order valence-electron chi connectivity index (χ1n) is 3.89. The summed E-state index contributed by atoms with van der Waals surface area (Å²) in [5, 5.41) is 2.63. The highest BCUT2D eigenvalue weighted by Gasteiger charge is 2.20. The Morgan fingerprint density at radius 2 is 2.23 bits per heavy atom. The zero-order valence-electron chi connectivity index (χ0n) is 6.79. The number of rotatable bonds is 0. The molecule has 5 heteroatoms. The lowest BCUT2D eigenvalue weighted by molar-refractivity contribution is 0.0939. The van der Waals surface area contributed by atoms with Gasteiger partial charge in [0.05, 0.1) is 5.56 Å². The van der Waals surface area contributed by atoms with E-state index in [0.717, 1.165) is 0 Å². The minimum atomic E-state index is -0.576. The van der Waals surface area contributed by atoms with Gasteiger partial charge in [-0.25, -0.2) is 4.79 Å². The molecule has 0 atom stereocenters. The van der Waals surface area contributed by atoms with Gasteiger partial charge in [0.2, 0.25) is 0 Å². The number of fused-ring (bicyclic) bond motifs is 1. The first-order valence-corrected chi connectivity index (χ1v) is 3.89. The Balaban J connectivity index is 2.65. The van der Waals surface area contributed by atoms with Crippen molar-refractivity contribution in [1.82, 2.24) is 5.32 Å². The summed E-state index contributed by atoms with van der Waals surface area (Å²) in [4.78, 5) is 22.2. The maximum atomic E-state index is 11.2. The summed E-state index contributed by atoms with van der Waals surface area (Å²) < 4.78 is 4.86. The largest absolute Gasteiger partial charge is 0.425 e. The van der Waals surface area contributed by atoms with E-state index in [-0.39, 0.29) is 11.6 Å². The van der Waals surface area contributed by atoms with Gasteiger partial charge in [0, 0.05) is 13.0 Å². The molecule has 13 heavy (non-hydrogen) atoms. The highest BCUT2D eigenvalue weighted by molar-refractivity contribution is 5.96. The fourth-order valence-corrected chi connectivity index (χ4v) is 1.28. The molecule has 0 bridgehead atoms. The molecule has 0 unspecified atom stereocenters. The molecule has 0 aliphatic carbocycles. The molecule has 0 aromatic carbocycles. The van der Waals surface area contributed by atoms with Crippen LogP contribution in [-0.2, 0) is 6.42 Å². The summed E-state index contributed by atoms with van der Waals surface area (Å²) >= 11 is 0. The zero-order valence-corrected chi connectivity index (χ0v) is 6.79. The SMILES string of the molecule is Nc1cc2c(oc1=O)CCNC2=O. The van der Waals surface area contributed by atoms with Gasteiger partial charge in [0.15, 0.2) is 0 Å². The van der Waals surface area contributed by atoms with E-state index >= 15 is 0 Å². The van der Waals surface area contributed by atoms with Crippen LogP contribution in [0.15, 0.2) is 15.3 Å². The van der Waals surface area contributed by atoms with Crippen LogP contribution in [0.1, 0.15) is 16.1 Å². The second-order valence-corrected chi connectivity index (χ2v) is 2.83. The molecule has 1 amide bonds. The quantitative estimate of drug-likeness (QED) is 0.564. The van der Waals surface area contributed by atoms with Gasteiger partial charge < -0.3 is 15.5 Å². The van der Waals surface area contributed by atoms with Crippen LogP contribution in [-0.4, -0.2) is 12.5 Å². The summed E-state index contributed by atoms with van der Waals surface area (Å²) in [6.45, 7) is 0.499. The number of nitrogen functional groups attached to an aromatic ring is 1. The summed E-state index contributed by atoms with van der Waals surface area (Å²) in [6, 6.07) is 1.36. The standard InChI is InChI=1S/C8H8N2O3/c9-5-3-4-6(13-8(5)12)1-2-10-7(4)11/h3H,1-2,9H2,(H,10,11). The predicted molar refractivity (Wildman–Crippen MR) is 45.4 cm³/mol. The minimum absolute atomic E-state index is 0.0317. The van der Waals surface area contributed by atoms with Gasteiger partial charge in [0.1, 0.15) is 11.4 Å². The van der Waals surface area contributed by atoms with Gasteiger partial charge in [-0.15, -0.1) is 0 Å². The lowest BCUT2D eigenvalue weighted by Crippen LogP contribution is -2.33. The maximum absolute atomic E-state index is 11.2. The Hall–Kier alpha value is -1.78. The van der Waals surface area contributed by atoms with Crippen LogP contribution in [0.25, 0.3) is 0 Å². The van der Waals surface area contributed by atoms with Crippen LogP contribution < -0.4 is 16.7 Å². The third-order valence-electron chi connectivity index (χ3n) is 1.93. The molecule has 0 fully saturated rings. The van der Waals surface area contributed by atoms with Crippen molar-refractivity contribution in [3.05, 3.63) is 27.8 Å². The molecule has 1 aliphatic heterocycles. The summed E-state index contributed by atoms with van der Waals surface area (Å²) in [7, 11) is 0. The second kappa shape index (κ2) is 2.62. The summed E-state index contributed by atoms with van der Waals surface area (Å²) in [5.41, 5.74) is 5.08. The first kappa shape index (κ1) is 7.85. The number of carbonyl (C=O) groups excluding carboxylic acids is 1. The lowest BCUT2D eigenvalue weighted by atomic mass is 10.1. The third kappa shape index (κ3) is 1.18. The first-order chi connectivity index (χ1) is 6.18. The average Bonchev–Trinajstić information content (AvgIpc) is 2.09. The molecule has 1 aromatic heterocycles. The molecule has 2 heterocycles. The fourth-order valence-electron chi connectivity index (χ4n) is 1.28. The molecule has 68 valence electrons. The monoisotopic (exact) mass is 180 g/mol. The van der Waals surface area contributed by atoms with Crippen LogP contribution in [0.4, 0.5) is 5.69 Å². The topological polar surface area (TPSA) is 85.3 Å². The highest BCUT2D eigenvalue weighted by Crippen LogP contribution is 2.13. The minimum Gasteiger partial charge on any atom is -0.425 e. The predicted octanol–water partition coefficient (Wildman–Crippen LogP) is -0.492. The Bertz CT molecular complexity index is 422. The summed E-state index contributed by atoms with van der Waals surface area (Å²) in [6.07, 6.45) is 0.538. The van der Waals surface area contributed by atoms with E-state index in [1.165, 1.54) is 6.07 Å². The van der Waals surface area contributed by atoms with E-state index < -0.39 is 5.63 Å². The number of hydrogen-bond acceptors (Lipinski definition) is 4. The van der Waals surface area contributed by atoms with Crippen LogP contribution in [0.3, 0.4) is 0 Å². The van der Waals surface area contributed by atoms with Gasteiger partial charge in [-0.1, -0.05) is 0 Å². The van der Waals surface area contributed by atoms with Crippen molar-refractivity contribution in [3.8, 4) is 0 Å². The molecular weight excluding hydrogens is 172 g/mol. The van der Waals surface area contributed by atoms with Gasteiger partial charge in [-0.05, 0) is 6.07 Å². The Labute approximate surface area is 73.5 Å². The normalized spacial score (nSPS) is 14.9. The third-order valence-corrected chi connectivity index (χ3v) is 1.93. The molecule has 2 rings (SSSR count). The van der Waals surface area contributed by atoms with Crippen LogP contribution in [0, 0.1) is 0 Å². The Kier molecular flexibility index (Phi) is 1.58. The van der Waals surface area contributed by atoms with E-state index in [9.17, 15) is 9.59 Å². The van der Waals surface area contributed by atoms with Crippen molar-refractivity contribution >= 4 is 11.6 Å². The fraction of sp³-hybridized carbons (Fsp3) is 0.250. The lowest BCUT2D eigenvalue weighted by Gasteiger charge is -2.14. The van der Waals surface area contributed by atoms with Gasteiger partial charge in [0.25, 0.3) is 5.91 Å². The van der Waals surface area contributed by atoms with E-state index in [2.05, 4.69) is 5.32 Å². The molecule has 5 nitrogen and oxygen atoms in total.